The minimum Gasteiger partial charge on any atom is -0.297 e. The molecule has 0 aromatic carbocycles. The lowest BCUT2D eigenvalue weighted by molar-refractivity contribution is 1.11. The molecule has 0 bridgehead atoms. The van der Waals surface area contributed by atoms with E-state index in [9.17, 15) is 0 Å². The highest BCUT2D eigenvalue weighted by Crippen LogP contribution is 2.15. The summed E-state index contributed by atoms with van der Waals surface area (Å²) in [6.07, 6.45) is 10.6. The molecule has 0 fully saturated rings. The highest BCUT2D eigenvalue weighted by atomic mass is 32.1. The maximum absolute atomic E-state index is 4.20. The van der Waals surface area contributed by atoms with Crippen molar-refractivity contribution < 1.29 is 0 Å². The number of thiol groups is 1. The Kier molecular flexibility index (Phi) is 5.23. The van der Waals surface area contributed by atoms with Gasteiger partial charge >= 0.3 is 0 Å². The van der Waals surface area contributed by atoms with Crippen LogP contribution in [0.15, 0.2) is 55.5 Å². The number of allylic oxidation sites excluding steroid dienone is 3. The van der Waals surface area contributed by atoms with Crippen molar-refractivity contribution in [2.45, 2.75) is 6.92 Å². The summed E-state index contributed by atoms with van der Waals surface area (Å²) in [6.45, 7) is 9.17. The van der Waals surface area contributed by atoms with Crippen LogP contribution < -0.4 is 0 Å². The molecule has 17 heavy (non-hydrogen) atoms. The van der Waals surface area contributed by atoms with E-state index in [0.29, 0.717) is 0 Å². The first-order valence-corrected chi connectivity index (χ1v) is 5.60. The van der Waals surface area contributed by atoms with Gasteiger partial charge in [0.25, 0.3) is 0 Å². The third-order valence-corrected chi connectivity index (χ3v) is 2.07. The van der Waals surface area contributed by atoms with Crippen LogP contribution in [0.3, 0.4) is 0 Å². The van der Waals surface area contributed by atoms with Gasteiger partial charge < -0.3 is 0 Å². The quantitative estimate of drug-likeness (QED) is 0.499. The van der Waals surface area contributed by atoms with Gasteiger partial charge in [0.15, 0.2) is 5.65 Å². The molecule has 2 aromatic heterocycles. The molecule has 0 radical (unpaired) electrons. The molecule has 0 spiro atoms. The highest BCUT2D eigenvalue weighted by Gasteiger charge is 2.03. The SMILES string of the molecule is C=C(/C=C/S)c1cnc2cnccn12.C=CC. The molecule has 0 saturated heterocycles. The number of imidazole rings is 1. The Morgan fingerprint density at radius 1 is 1.47 bits per heavy atom. The number of fused-ring (bicyclic) bond motifs is 1. The van der Waals surface area contributed by atoms with E-state index in [1.807, 2.05) is 23.6 Å². The van der Waals surface area contributed by atoms with Crippen molar-refractivity contribution in [1.29, 1.82) is 0 Å². The van der Waals surface area contributed by atoms with Crippen molar-refractivity contribution in [3.63, 3.8) is 0 Å². The molecule has 0 aliphatic carbocycles. The largest absolute Gasteiger partial charge is 0.297 e. The average molecular weight is 245 g/mol. The molecule has 0 saturated carbocycles. The average Bonchev–Trinajstić information content (AvgIpc) is 2.74. The Morgan fingerprint density at radius 3 is 2.82 bits per heavy atom. The monoisotopic (exact) mass is 245 g/mol. The zero-order chi connectivity index (χ0) is 12.7. The van der Waals surface area contributed by atoms with Crippen LogP contribution in [0.25, 0.3) is 11.2 Å². The van der Waals surface area contributed by atoms with Gasteiger partial charge in [-0.05, 0) is 24.0 Å². The van der Waals surface area contributed by atoms with Gasteiger partial charge in [-0.15, -0.1) is 6.58 Å². The van der Waals surface area contributed by atoms with Gasteiger partial charge in [-0.3, -0.25) is 9.38 Å². The van der Waals surface area contributed by atoms with Gasteiger partial charge in [0.1, 0.15) is 0 Å². The second-order valence-corrected chi connectivity index (χ2v) is 3.50. The van der Waals surface area contributed by atoms with E-state index in [4.69, 9.17) is 0 Å². The molecular formula is C13H15N3S. The maximum atomic E-state index is 4.20. The normalized spacial score (nSPS) is 10.0. The lowest BCUT2D eigenvalue weighted by atomic mass is 10.2. The van der Waals surface area contributed by atoms with Gasteiger partial charge in [-0.2, -0.15) is 12.6 Å². The predicted molar refractivity (Wildman–Crippen MR) is 76.0 cm³/mol. The van der Waals surface area contributed by atoms with E-state index in [0.717, 1.165) is 16.9 Å². The van der Waals surface area contributed by atoms with Crippen LogP contribution in [-0.4, -0.2) is 14.4 Å². The first kappa shape index (κ1) is 13.3. The Labute approximate surface area is 107 Å². The summed E-state index contributed by atoms with van der Waals surface area (Å²) in [7, 11) is 0. The Hall–Kier alpha value is -1.81. The minimum absolute atomic E-state index is 0.816. The number of hydrogen-bond acceptors (Lipinski definition) is 3. The van der Waals surface area contributed by atoms with Gasteiger partial charge in [-0.25, -0.2) is 4.98 Å². The molecule has 0 aliphatic rings. The number of aromatic nitrogens is 3. The summed E-state index contributed by atoms with van der Waals surface area (Å²) in [5, 5.41) is 1.66. The second kappa shape index (κ2) is 6.70. The van der Waals surface area contributed by atoms with Crippen molar-refractivity contribution in [3.8, 4) is 0 Å². The molecule has 0 atom stereocenters. The van der Waals surface area contributed by atoms with E-state index >= 15 is 0 Å². The van der Waals surface area contributed by atoms with Gasteiger partial charge in [0, 0.05) is 12.4 Å². The molecule has 3 nitrogen and oxygen atoms in total. The van der Waals surface area contributed by atoms with Crippen LogP contribution in [0, 0.1) is 0 Å². The third kappa shape index (κ3) is 3.32. The highest BCUT2D eigenvalue weighted by molar-refractivity contribution is 7.83. The third-order valence-electron chi connectivity index (χ3n) is 1.92. The molecule has 2 heterocycles. The van der Waals surface area contributed by atoms with Crippen LogP contribution in [0.4, 0.5) is 0 Å². The van der Waals surface area contributed by atoms with Gasteiger partial charge in [0.2, 0.25) is 0 Å². The van der Waals surface area contributed by atoms with Crippen LogP contribution in [0.5, 0.6) is 0 Å². The fraction of sp³-hybridized carbons (Fsp3) is 0.0769. The Bertz CT molecular complexity index is 540. The molecule has 0 N–H and O–H groups in total. The van der Waals surface area contributed by atoms with Crippen molar-refractivity contribution in [1.82, 2.24) is 14.4 Å². The second-order valence-electron chi connectivity index (χ2n) is 3.20. The van der Waals surface area contributed by atoms with Crippen molar-refractivity contribution in [3.05, 3.63) is 61.2 Å². The van der Waals surface area contributed by atoms with Gasteiger partial charge in [0.05, 0.1) is 18.1 Å². The number of hydrogen-bond donors (Lipinski definition) is 1. The van der Waals surface area contributed by atoms with E-state index in [2.05, 4.69) is 35.8 Å². The van der Waals surface area contributed by atoms with E-state index in [1.165, 1.54) is 0 Å². The van der Waals surface area contributed by atoms with Gasteiger partial charge in [-0.1, -0.05) is 12.7 Å². The smallest absolute Gasteiger partial charge is 0.155 e. The maximum Gasteiger partial charge on any atom is 0.155 e. The van der Waals surface area contributed by atoms with E-state index in [-0.39, 0.29) is 0 Å². The van der Waals surface area contributed by atoms with Crippen LogP contribution in [-0.2, 0) is 0 Å². The van der Waals surface area contributed by atoms with E-state index < -0.39 is 0 Å². The van der Waals surface area contributed by atoms with E-state index in [1.54, 1.807) is 30.1 Å². The van der Waals surface area contributed by atoms with Crippen LogP contribution in [0.2, 0.25) is 0 Å². The van der Waals surface area contributed by atoms with Crippen LogP contribution in [0.1, 0.15) is 12.6 Å². The number of nitrogens with zero attached hydrogens (tertiary/aromatic N) is 3. The molecule has 2 aromatic rings. The summed E-state index contributed by atoms with van der Waals surface area (Å²) in [5.74, 6) is 0. The molecular weight excluding hydrogens is 230 g/mol. The van der Waals surface area contributed by atoms with Crippen molar-refractivity contribution in [2.24, 2.45) is 0 Å². The summed E-state index contributed by atoms with van der Waals surface area (Å²) in [5.41, 5.74) is 2.64. The summed E-state index contributed by atoms with van der Waals surface area (Å²) >= 11 is 4.00. The molecule has 0 unspecified atom stereocenters. The van der Waals surface area contributed by atoms with Crippen molar-refractivity contribution >= 4 is 23.8 Å². The molecule has 0 aliphatic heterocycles. The first-order chi connectivity index (χ1) is 8.24. The zero-order valence-corrected chi connectivity index (χ0v) is 10.6. The molecule has 4 heteroatoms. The van der Waals surface area contributed by atoms with Crippen molar-refractivity contribution in [2.75, 3.05) is 0 Å². The summed E-state index contributed by atoms with van der Waals surface area (Å²) in [4.78, 5) is 8.19. The minimum atomic E-state index is 0.816. The number of rotatable bonds is 2. The topological polar surface area (TPSA) is 30.2 Å². The Morgan fingerprint density at radius 2 is 2.18 bits per heavy atom. The summed E-state index contributed by atoms with van der Waals surface area (Å²) in [6, 6.07) is 0. The summed E-state index contributed by atoms with van der Waals surface area (Å²) < 4.78 is 1.93. The zero-order valence-electron chi connectivity index (χ0n) is 9.74. The molecule has 2 rings (SSSR count). The fourth-order valence-corrected chi connectivity index (χ4v) is 1.44. The Balaban J connectivity index is 0.000000437. The first-order valence-electron chi connectivity index (χ1n) is 5.08. The predicted octanol–water partition coefficient (Wildman–Crippen LogP) is 3.38. The van der Waals surface area contributed by atoms with Crippen LogP contribution >= 0.6 is 12.6 Å². The molecule has 88 valence electrons. The lowest BCUT2D eigenvalue weighted by Gasteiger charge is -1.99. The standard InChI is InChI=1S/C10H9N3S.C3H6/c1-8(2-5-14)9-6-12-10-7-11-3-4-13(9)10;1-3-2/h2-7,14H,1H2;3H,1H2,2H3/b5-2+;. The fourth-order valence-electron chi connectivity index (χ4n) is 1.26. The lowest BCUT2D eigenvalue weighted by Crippen LogP contribution is -1.89. The molecule has 0 amide bonds.